The second-order valence-electron chi connectivity index (χ2n) is 4.39. The van der Waals surface area contributed by atoms with Crippen LogP contribution in [0.2, 0.25) is 0 Å². The summed E-state index contributed by atoms with van der Waals surface area (Å²) in [4.78, 5) is 7.11. The summed E-state index contributed by atoms with van der Waals surface area (Å²) in [6, 6.07) is 3.97. The fourth-order valence-electron chi connectivity index (χ4n) is 2.00. The molecule has 0 bridgehead atoms. The first-order valence-electron chi connectivity index (χ1n) is 6.38. The Morgan fingerprint density at radius 3 is 2.89 bits per heavy atom. The number of rotatable bonds is 6. The lowest BCUT2D eigenvalue weighted by Crippen LogP contribution is -2.25. The summed E-state index contributed by atoms with van der Waals surface area (Å²) in [6.45, 7) is 2.76. The molecule has 0 spiro atoms. The fraction of sp³-hybridized carbons (Fsp3) is 0.357. The van der Waals surface area contributed by atoms with E-state index in [-0.39, 0.29) is 6.04 Å². The van der Waals surface area contributed by atoms with E-state index >= 15 is 0 Å². The van der Waals surface area contributed by atoms with Crippen molar-refractivity contribution in [2.45, 2.75) is 25.8 Å². The van der Waals surface area contributed by atoms with Gasteiger partial charge in [-0.05, 0) is 19.0 Å². The summed E-state index contributed by atoms with van der Waals surface area (Å²) in [6.07, 6.45) is 4.78. The molecule has 0 saturated heterocycles. The predicted octanol–water partition coefficient (Wildman–Crippen LogP) is 2.97. The van der Waals surface area contributed by atoms with Crippen LogP contribution >= 0.6 is 0 Å². The fourth-order valence-corrected chi connectivity index (χ4v) is 2.00. The Balaban J connectivity index is 2.23. The number of aromatic amines is 1. The Hall–Kier alpha value is -1.75. The molecule has 2 aromatic rings. The number of nitrogens with one attached hydrogen (secondary N) is 2. The molecule has 0 aliphatic heterocycles. The van der Waals surface area contributed by atoms with Crippen LogP contribution in [-0.4, -0.2) is 16.5 Å². The SMILES string of the molecule is CCCNC(Cc1ncc[nH]1)c1cccc(F)c1F. The van der Waals surface area contributed by atoms with Gasteiger partial charge in [0.2, 0.25) is 0 Å². The smallest absolute Gasteiger partial charge is 0.163 e. The number of benzene rings is 1. The van der Waals surface area contributed by atoms with Gasteiger partial charge < -0.3 is 10.3 Å². The van der Waals surface area contributed by atoms with E-state index in [1.807, 2.05) is 6.92 Å². The second-order valence-corrected chi connectivity index (χ2v) is 4.39. The molecule has 19 heavy (non-hydrogen) atoms. The zero-order chi connectivity index (χ0) is 13.7. The first-order valence-corrected chi connectivity index (χ1v) is 6.38. The Labute approximate surface area is 111 Å². The summed E-state index contributed by atoms with van der Waals surface area (Å²) in [5.41, 5.74) is 0.338. The molecule has 1 aromatic carbocycles. The number of aromatic nitrogens is 2. The summed E-state index contributed by atoms with van der Waals surface area (Å²) in [5.74, 6) is -0.861. The Morgan fingerprint density at radius 2 is 2.21 bits per heavy atom. The summed E-state index contributed by atoms with van der Waals surface area (Å²) in [5, 5.41) is 3.23. The molecule has 2 N–H and O–H groups in total. The lowest BCUT2D eigenvalue weighted by Gasteiger charge is -2.18. The third kappa shape index (κ3) is 3.38. The number of nitrogens with zero attached hydrogens (tertiary/aromatic N) is 1. The average Bonchev–Trinajstić information content (AvgIpc) is 2.91. The van der Waals surface area contributed by atoms with Crippen molar-refractivity contribution in [1.29, 1.82) is 0 Å². The third-order valence-corrected chi connectivity index (χ3v) is 2.95. The van der Waals surface area contributed by atoms with Gasteiger partial charge in [-0.15, -0.1) is 0 Å². The van der Waals surface area contributed by atoms with Crippen LogP contribution in [0.4, 0.5) is 8.78 Å². The molecule has 1 heterocycles. The monoisotopic (exact) mass is 265 g/mol. The minimum absolute atomic E-state index is 0.290. The van der Waals surface area contributed by atoms with Crippen molar-refractivity contribution in [2.75, 3.05) is 6.54 Å². The maximum Gasteiger partial charge on any atom is 0.163 e. The van der Waals surface area contributed by atoms with Gasteiger partial charge >= 0.3 is 0 Å². The van der Waals surface area contributed by atoms with E-state index in [0.29, 0.717) is 12.0 Å². The minimum Gasteiger partial charge on any atom is -0.349 e. The molecule has 102 valence electrons. The standard InChI is InChI=1S/C14H17F2N3/c1-2-6-17-12(9-13-18-7-8-19-13)10-4-3-5-11(15)14(10)16/h3-5,7-8,12,17H,2,6,9H2,1H3,(H,18,19). The van der Waals surface area contributed by atoms with Gasteiger partial charge in [0.05, 0.1) is 0 Å². The quantitative estimate of drug-likeness (QED) is 0.843. The topological polar surface area (TPSA) is 40.7 Å². The van der Waals surface area contributed by atoms with Crippen molar-refractivity contribution in [1.82, 2.24) is 15.3 Å². The number of halogens is 2. The van der Waals surface area contributed by atoms with Crippen LogP contribution in [0.3, 0.4) is 0 Å². The van der Waals surface area contributed by atoms with Crippen LogP contribution in [-0.2, 0) is 6.42 Å². The number of hydrogen-bond donors (Lipinski definition) is 2. The van der Waals surface area contributed by atoms with Crippen molar-refractivity contribution in [3.05, 3.63) is 53.6 Å². The van der Waals surface area contributed by atoms with Gasteiger partial charge in [-0.2, -0.15) is 0 Å². The molecule has 3 nitrogen and oxygen atoms in total. The molecule has 0 fully saturated rings. The molecule has 2 rings (SSSR count). The lowest BCUT2D eigenvalue weighted by molar-refractivity contribution is 0.456. The van der Waals surface area contributed by atoms with E-state index in [4.69, 9.17) is 0 Å². The van der Waals surface area contributed by atoms with Gasteiger partial charge in [-0.25, -0.2) is 13.8 Å². The van der Waals surface area contributed by atoms with Gasteiger partial charge in [0.1, 0.15) is 5.82 Å². The molecule has 0 radical (unpaired) electrons. The molecule has 0 aliphatic rings. The van der Waals surface area contributed by atoms with Gasteiger partial charge in [-0.3, -0.25) is 0 Å². The Morgan fingerprint density at radius 1 is 1.37 bits per heavy atom. The zero-order valence-corrected chi connectivity index (χ0v) is 10.8. The van der Waals surface area contributed by atoms with Gasteiger partial charge in [0, 0.05) is 30.4 Å². The second kappa shape index (κ2) is 6.43. The van der Waals surface area contributed by atoms with Crippen LogP contribution in [0, 0.1) is 11.6 Å². The lowest BCUT2D eigenvalue weighted by atomic mass is 10.0. The first-order chi connectivity index (χ1) is 9.22. The van der Waals surface area contributed by atoms with Gasteiger partial charge in [0.15, 0.2) is 11.6 Å². The highest BCUT2D eigenvalue weighted by Crippen LogP contribution is 2.22. The molecular weight excluding hydrogens is 248 g/mol. The van der Waals surface area contributed by atoms with Gasteiger partial charge in [0.25, 0.3) is 0 Å². The van der Waals surface area contributed by atoms with Crippen molar-refractivity contribution >= 4 is 0 Å². The van der Waals surface area contributed by atoms with Crippen molar-refractivity contribution in [3.63, 3.8) is 0 Å². The molecule has 1 unspecified atom stereocenters. The van der Waals surface area contributed by atoms with Crippen molar-refractivity contribution < 1.29 is 8.78 Å². The number of hydrogen-bond acceptors (Lipinski definition) is 2. The van der Waals surface area contributed by atoms with Crippen molar-refractivity contribution in [3.8, 4) is 0 Å². The van der Waals surface area contributed by atoms with E-state index in [0.717, 1.165) is 24.9 Å². The molecule has 0 saturated carbocycles. The summed E-state index contributed by atoms with van der Waals surface area (Å²) >= 11 is 0. The summed E-state index contributed by atoms with van der Waals surface area (Å²) in [7, 11) is 0. The maximum absolute atomic E-state index is 13.9. The molecule has 5 heteroatoms. The highest BCUT2D eigenvalue weighted by molar-refractivity contribution is 5.23. The summed E-state index contributed by atoms with van der Waals surface area (Å²) < 4.78 is 27.2. The Bertz CT molecular complexity index is 511. The molecule has 0 amide bonds. The van der Waals surface area contributed by atoms with Crippen LogP contribution in [0.1, 0.15) is 30.8 Å². The van der Waals surface area contributed by atoms with Crippen LogP contribution in [0.5, 0.6) is 0 Å². The average molecular weight is 265 g/mol. The highest BCUT2D eigenvalue weighted by Gasteiger charge is 2.18. The van der Waals surface area contributed by atoms with Crippen LogP contribution in [0.15, 0.2) is 30.6 Å². The van der Waals surface area contributed by atoms with Crippen LogP contribution in [0.25, 0.3) is 0 Å². The highest BCUT2D eigenvalue weighted by atomic mass is 19.2. The minimum atomic E-state index is -0.819. The Kier molecular flexibility index (Phi) is 4.63. The predicted molar refractivity (Wildman–Crippen MR) is 69.7 cm³/mol. The van der Waals surface area contributed by atoms with Crippen LogP contribution < -0.4 is 5.32 Å². The van der Waals surface area contributed by atoms with E-state index < -0.39 is 11.6 Å². The van der Waals surface area contributed by atoms with E-state index in [9.17, 15) is 8.78 Å². The zero-order valence-electron chi connectivity index (χ0n) is 10.8. The molecule has 1 aromatic heterocycles. The number of H-pyrrole nitrogens is 1. The first kappa shape index (κ1) is 13.7. The number of imidazole rings is 1. The molecule has 1 atom stereocenters. The molecule has 0 aliphatic carbocycles. The van der Waals surface area contributed by atoms with E-state index in [2.05, 4.69) is 15.3 Å². The molecular formula is C14H17F2N3. The third-order valence-electron chi connectivity index (χ3n) is 2.95. The largest absolute Gasteiger partial charge is 0.349 e. The maximum atomic E-state index is 13.9. The van der Waals surface area contributed by atoms with E-state index in [1.54, 1.807) is 18.5 Å². The van der Waals surface area contributed by atoms with Gasteiger partial charge in [-0.1, -0.05) is 19.1 Å². The van der Waals surface area contributed by atoms with Crippen molar-refractivity contribution in [2.24, 2.45) is 0 Å². The van der Waals surface area contributed by atoms with E-state index in [1.165, 1.54) is 6.07 Å². The normalized spacial score (nSPS) is 12.6.